The Bertz CT molecular complexity index is 225. The monoisotopic (exact) mass is 220 g/mol. The van der Waals surface area contributed by atoms with E-state index in [2.05, 4.69) is 0 Å². The lowest BCUT2D eigenvalue weighted by molar-refractivity contribution is -0.349. The molecule has 0 unspecified atom stereocenters. The topological polar surface area (TPSA) is 99.4 Å². The molecule has 2 heterocycles. The van der Waals surface area contributed by atoms with Crippen LogP contribution in [0.15, 0.2) is 0 Å². The molecule has 0 bridgehead atoms. The van der Waals surface area contributed by atoms with Gasteiger partial charge in [-0.3, -0.25) is 0 Å². The number of ether oxygens (including phenoxy) is 2. The third-order valence-electron chi connectivity index (χ3n) is 3.05. The molecule has 0 aromatic carbocycles. The maximum absolute atomic E-state index is 9.77. The van der Waals surface area contributed by atoms with Crippen LogP contribution in [-0.4, -0.2) is 63.8 Å². The minimum Gasteiger partial charge on any atom is -0.394 e. The first-order valence-corrected chi connectivity index (χ1v) is 5.07. The molecule has 2 rings (SSSR count). The molecule has 6 nitrogen and oxygen atoms in total. The average Bonchev–Trinajstić information content (AvgIpc) is 2.70. The van der Waals surface area contributed by atoms with Crippen LogP contribution in [0.4, 0.5) is 0 Å². The number of hydrogen-bond donors (Lipinski definition) is 4. The summed E-state index contributed by atoms with van der Waals surface area (Å²) in [6, 6.07) is 0. The molecule has 1 spiro atoms. The lowest BCUT2D eigenvalue weighted by Gasteiger charge is -2.45. The van der Waals surface area contributed by atoms with E-state index in [9.17, 15) is 15.3 Å². The van der Waals surface area contributed by atoms with E-state index in [1.54, 1.807) is 0 Å². The molecule has 88 valence electrons. The molecule has 2 saturated heterocycles. The second kappa shape index (κ2) is 3.97. The second-order valence-corrected chi connectivity index (χ2v) is 4.03. The maximum atomic E-state index is 9.77. The predicted octanol–water partition coefficient (Wildman–Crippen LogP) is -2.03. The third-order valence-corrected chi connectivity index (χ3v) is 3.05. The van der Waals surface area contributed by atoms with E-state index in [0.29, 0.717) is 13.0 Å². The third kappa shape index (κ3) is 1.67. The molecule has 5 atom stereocenters. The van der Waals surface area contributed by atoms with Gasteiger partial charge in [-0.15, -0.1) is 0 Å². The summed E-state index contributed by atoms with van der Waals surface area (Å²) in [6.45, 7) is 0.0219. The maximum Gasteiger partial charge on any atom is 0.197 e. The van der Waals surface area contributed by atoms with Crippen molar-refractivity contribution in [3.63, 3.8) is 0 Å². The van der Waals surface area contributed by atoms with Crippen molar-refractivity contribution >= 4 is 0 Å². The van der Waals surface area contributed by atoms with Gasteiger partial charge in [0.2, 0.25) is 0 Å². The minimum absolute atomic E-state index is 0.421. The summed E-state index contributed by atoms with van der Waals surface area (Å²) in [5.74, 6) is -1.26. The van der Waals surface area contributed by atoms with Crippen molar-refractivity contribution in [1.29, 1.82) is 0 Å². The van der Waals surface area contributed by atoms with E-state index in [0.717, 1.165) is 6.42 Å². The van der Waals surface area contributed by atoms with Crippen molar-refractivity contribution in [1.82, 2.24) is 0 Å². The Morgan fingerprint density at radius 3 is 2.47 bits per heavy atom. The fourth-order valence-electron chi connectivity index (χ4n) is 2.17. The summed E-state index contributed by atoms with van der Waals surface area (Å²) >= 11 is 0. The van der Waals surface area contributed by atoms with Gasteiger partial charge in [-0.2, -0.15) is 0 Å². The van der Waals surface area contributed by atoms with Crippen LogP contribution in [0.5, 0.6) is 0 Å². The van der Waals surface area contributed by atoms with Crippen molar-refractivity contribution in [3.8, 4) is 0 Å². The quantitative estimate of drug-likeness (QED) is 0.406. The molecule has 4 N–H and O–H groups in total. The molecule has 0 radical (unpaired) electrons. The Hall–Kier alpha value is -0.240. The molecule has 0 amide bonds. The van der Waals surface area contributed by atoms with Gasteiger partial charge in [0.1, 0.15) is 24.4 Å². The molecule has 15 heavy (non-hydrogen) atoms. The van der Waals surface area contributed by atoms with Gasteiger partial charge in [-0.25, -0.2) is 0 Å². The van der Waals surface area contributed by atoms with Gasteiger partial charge in [0, 0.05) is 6.42 Å². The molecule has 0 aliphatic carbocycles. The Balaban J connectivity index is 2.19. The van der Waals surface area contributed by atoms with Crippen LogP contribution in [-0.2, 0) is 9.47 Å². The van der Waals surface area contributed by atoms with Crippen molar-refractivity contribution < 1.29 is 29.9 Å². The predicted molar refractivity (Wildman–Crippen MR) is 47.9 cm³/mol. The fraction of sp³-hybridized carbons (Fsp3) is 1.00. The highest BCUT2D eigenvalue weighted by Gasteiger charge is 2.55. The first-order chi connectivity index (χ1) is 7.10. The van der Waals surface area contributed by atoms with Crippen LogP contribution in [0, 0.1) is 0 Å². The Kier molecular flexibility index (Phi) is 2.98. The smallest absolute Gasteiger partial charge is 0.197 e. The number of aliphatic hydroxyl groups excluding tert-OH is 4. The second-order valence-electron chi connectivity index (χ2n) is 4.03. The van der Waals surface area contributed by atoms with Gasteiger partial charge >= 0.3 is 0 Å². The zero-order valence-electron chi connectivity index (χ0n) is 8.24. The molecule has 0 aromatic rings. The zero-order valence-corrected chi connectivity index (χ0v) is 8.24. The van der Waals surface area contributed by atoms with E-state index >= 15 is 0 Å². The average molecular weight is 220 g/mol. The number of rotatable bonds is 1. The summed E-state index contributed by atoms with van der Waals surface area (Å²) in [7, 11) is 0. The molecule has 2 aliphatic heterocycles. The molecule has 0 aromatic heterocycles. The Morgan fingerprint density at radius 2 is 1.93 bits per heavy atom. The Morgan fingerprint density at radius 1 is 1.20 bits per heavy atom. The van der Waals surface area contributed by atoms with Crippen LogP contribution in [0.25, 0.3) is 0 Å². The van der Waals surface area contributed by atoms with Crippen LogP contribution < -0.4 is 0 Å². The summed E-state index contributed by atoms with van der Waals surface area (Å²) in [6.07, 6.45) is -3.67. The van der Waals surface area contributed by atoms with Crippen molar-refractivity contribution in [3.05, 3.63) is 0 Å². The fourth-order valence-corrected chi connectivity index (χ4v) is 2.17. The largest absolute Gasteiger partial charge is 0.394 e. The highest BCUT2D eigenvalue weighted by atomic mass is 16.7. The normalized spacial score (nSPS) is 51.2. The van der Waals surface area contributed by atoms with Crippen molar-refractivity contribution in [2.45, 2.75) is 43.0 Å². The van der Waals surface area contributed by atoms with Gasteiger partial charge in [0.05, 0.1) is 13.2 Å². The van der Waals surface area contributed by atoms with Crippen LogP contribution in [0.1, 0.15) is 12.8 Å². The first kappa shape index (κ1) is 11.3. The standard InChI is InChI=1S/C9H16O6/c10-4-5-6(11)7(12)8(13)9(15-5)2-1-3-14-9/h5-8,10-13H,1-4H2/t5-,6-,7+,8+,9+/m1/s1. The molecule has 2 fully saturated rings. The van der Waals surface area contributed by atoms with E-state index in [-0.39, 0.29) is 0 Å². The molecule has 6 heteroatoms. The van der Waals surface area contributed by atoms with E-state index in [1.807, 2.05) is 0 Å². The highest BCUT2D eigenvalue weighted by Crippen LogP contribution is 2.38. The highest BCUT2D eigenvalue weighted by molar-refractivity contribution is 4.98. The van der Waals surface area contributed by atoms with E-state index < -0.39 is 36.8 Å². The number of hydrogen-bond acceptors (Lipinski definition) is 6. The molecule has 2 aliphatic rings. The van der Waals surface area contributed by atoms with Crippen LogP contribution in [0.3, 0.4) is 0 Å². The van der Waals surface area contributed by atoms with Crippen molar-refractivity contribution in [2.75, 3.05) is 13.2 Å². The summed E-state index contributed by atoms with van der Waals surface area (Å²) in [5.41, 5.74) is 0. The van der Waals surface area contributed by atoms with E-state index in [4.69, 9.17) is 14.6 Å². The van der Waals surface area contributed by atoms with E-state index in [1.165, 1.54) is 0 Å². The minimum atomic E-state index is -1.35. The molecular weight excluding hydrogens is 204 g/mol. The first-order valence-electron chi connectivity index (χ1n) is 5.07. The van der Waals surface area contributed by atoms with Gasteiger partial charge in [-0.1, -0.05) is 0 Å². The molecular formula is C9H16O6. The lowest BCUT2D eigenvalue weighted by Crippen LogP contribution is -2.64. The van der Waals surface area contributed by atoms with Gasteiger partial charge in [-0.05, 0) is 6.42 Å². The van der Waals surface area contributed by atoms with Gasteiger partial charge in [0.25, 0.3) is 0 Å². The SMILES string of the molecule is OC[C@H]1O[C@@]2(CCCO2)[C@@H](O)[C@@H](O)[C@@H]1O. The summed E-state index contributed by atoms with van der Waals surface area (Å²) in [4.78, 5) is 0. The van der Waals surface area contributed by atoms with Crippen molar-refractivity contribution in [2.24, 2.45) is 0 Å². The summed E-state index contributed by atoms with van der Waals surface area (Å²) < 4.78 is 10.6. The summed E-state index contributed by atoms with van der Waals surface area (Å²) in [5, 5.41) is 37.8. The molecule has 0 saturated carbocycles. The van der Waals surface area contributed by atoms with Gasteiger partial charge < -0.3 is 29.9 Å². The van der Waals surface area contributed by atoms with Gasteiger partial charge in [0.15, 0.2) is 5.79 Å². The lowest BCUT2D eigenvalue weighted by atomic mass is 9.91. The number of aliphatic hydroxyl groups is 4. The zero-order chi connectivity index (χ0) is 11.1. The van der Waals surface area contributed by atoms with Crippen LogP contribution >= 0.6 is 0 Å². The Labute approximate surface area is 87.1 Å². The van der Waals surface area contributed by atoms with Crippen LogP contribution in [0.2, 0.25) is 0 Å².